The molecule has 0 spiro atoms. The van der Waals surface area contributed by atoms with Crippen LogP contribution in [-0.2, 0) is 6.18 Å². The summed E-state index contributed by atoms with van der Waals surface area (Å²) in [5.41, 5.74) is 2.32. The second-order valence-corrected chi connectivity index (χ2v) is 3.17. The van der Waals surface area contributed by atoms with E-state index in [9.17, 15) is 22.0 Å². The van der Waals surface area contributed by atoms with Crippen molar-refractivity contribution in [3.8, 4) is 0 Å². The summed E-state index contributed by atoms with van der Waals surface area (Å²) in [7, 11) is 0. The van der Waals surface area contributed by atoms with Gasteiger partial charge in [0.05, 0.1) is 10.6 Å². The average molecular weight is 246 g/mol. The first-order valence-electron chi connectivity index (χ1n) is 3.67. The molecule has 0 aliphatic heterocycles. The van der Waals surface area contributed by atoms with E-state index in [2.05, 4.69) is 0 Å². The summed E-state index contributed by atoms with van der Waals surface area (Å²) in [5, 5.41) is -0.647. The van der Waals surface area contributed by atoms with Gasteiger partial charge < -0.3 is 5.73 Å². The normalized spacial score (nSPS) is 12.2. The minimum atomic E-state index is -4.70. The first-order valence-corrected chi connectivity index (χ1v) is 4.05. The van der Waals surface area contributed by atoms with Crippen LogP contribution in [0.2, 0.25) is 5.02 Å². The van der Waals surface area contributed by atoms with E-state index in [1.165, 1.54) is 0 Å². The maximum absolute atomic E-state index is 12.2. The fourth-order valence-corrected chi connectivity index (χ4v) is 1.27. The number of anilines is 1. The standard InChI is InChI=1S/C8H5ClF5N/c9-5-2-4(8(12,13)14)6(15)1-3(5)7(10)11/h1-2,7H,15H2. The number of rotatable bonds is 1. The Labute approximate surface area is 86.6 Å². The molecule has 1 aromatic rings. The molecule has 1 rings (SSSR count). The van der Waals surface area contributed by atoms with E-state index in [1.807, 2.05) is 0 Å². The summed E-state index contributed by atoms with van der Waals surface area (Å²) in [6, 6.07) is 0.939. The minimum Gasteiger partial charge on any atom is -0.398 e. The van der Waals surface area contributed by atoms with Crippen LogP contribution < -0.4 is 5.73 Å². The first-order chi connectivity index (χ1) is 6.73. The highest BCUT2D eigenvalue weighted by atomic mass is 35.5. The fraction of sp³-hybridized carbons (Fsp3) is 0.250. The summed E-state index contributed by atoms with van der Waals surface area (Å²) < 4.78 is 61.1. The van der Waals surface area contributed by atoms with Crippen LogP contribution in [0.5, 0.6) is 0 Å². The van der Waals surface area contributed by atoms with Crippen molar-refractivity contribution in [2.75, 3.05) is 5.73 Å². The van der Waals surface area contributed by atoms with Gasteiger partial charge in [0, 0.05) is 11.3 Å². The molecule has 0 aromatic heterocycles. The van der Waals surface area contributed by atoms with E-state index in [-0.39, 0.29) is 0 Å². The van der Waals surface area contributed by atoms with Crippen molar-refractivity contribution >= 4 is 17.3 Å². The maximum atomic E-state index is 12.2. The van der Waals surface area contributed by atoms with Gasteiger partial charge in [-0.05, 0) is 12.1 Å². The van der Waals surface area contributed by atoms with E-state index in [0.29, 0.717) is 12.1 Å². The van der Waals surface area contributed by atoms with Crippen molar-refractivity contribution in [1.29, 1.82) is 0 Å². The smallest absolute Gasteiger partial charge is 0.398 e. The zero-order valence-corrected chi connectivity index (χ0v) is 7.83. The third-order valence-electron chi connectivity index (χ3n) is 1.71. The van der Waals surface area contributed by atoms with Gasteiger partial charge in [-0.1, -0.05) is 11.6 Å². The molecule has 0 amide bonds. The van der Waals surface area contributed by atoms with E-state index in [1.54, 1.807) is 0 Å². The topological polar surface area (TPSA) is 26.0 Å². The molecule has 0 atom stereocenters. The van der Waals surface area contributed by atoms with Gasteiger partial charge in [0.25, 0.3) is 6.43 Å². The van der Waals surface area contributed by atoms with Crippen LogP contribution in [0, 0.1) is 0 Å². The lowest BCUT2D eigenvalue weighted by Crippen LogP contribution is -2.09. The van der Waals surface area contributed by atoms with Gasteiger partial charge in [-0.3, -0.25) is 0 Å². The van der Waals surface area contributed by atoms with Crippen LogP contribution in [0.4, 0.5) is 27.6 Å². The Hall–Kier alpha value is -1.04. The number of benzene rings is 1. The van der Waals surface area contributed by atoms with Crippen LogP contribution in [0.25, 0.3) is 0 Å². The lowest BCUT2D eigenvalue weighted by molar-refractivity contribution is -0.136. The van der Waals surface area contributed by atoms with Crippen LogP contribution in [0.1, 0.15) is 17.6 Å². The minimum absolute atomic E-state index is 0.401. The molecule has 0 unspecified atom stereocenters. The van der Waals surface area contributed by atoms with Gasteiger partial charge in [0.2, 0.25) is 0 Å². The lowest BCUT2D eigenvalue weighted by atomic mass is 10.1. The molecule has 0 saturated carbocycles. The zero-order valence-electron chi connectivity index (χ0n) is 7.08. The van der Waals surface area contributed by atoms with Crippen molar-refractivity contribution in [3.63, 3.8) is 0 Å². The third kappa shape index (κ3) is 2.50. The number of alkyl halides is 5. The summed E-state index contributed by atoms with van der Waals surface area (Å²) in [6.07, 6.45) is -7.66. The highest BCUT2D eigenvalue weighted by Gasteiger charge is 2.34. The van der Waals surface area contributed by atoms with Gasteiger partial charge in [0.15, 0.2) is 0 Å². The SMILES string of the molecule is Nc1cc(C(F)F)c(Cl)cc1C(F)(F)F. The number of hydrogen-bond donors (Lipinski definition) is 1. The average Bonchev–Trinajstić information content (AvgIpc) is 2.06. The number of nitrogen functional groups attached to an aromatic ring is 1. The van der Waals surface area contributed by atoms with Crippen molar-refractivity contribution in [2.24, 2.45) is 0 Å². The summed E-state index contributed by atoms with van der Waals surface area (Å²) in [4.78, 5) is 0. The highest BCUT2D eigenvalue weighted by molar-refractivity contribution is 6.31. The van der Waals surface area contributed by atoms with Gasteiger partial charge in [-0.25, -0.2) is 8.78 Å². The number of halogens is 6. The molecule has 15 heavy (non-hydrogen) atoms. The van der Waals surface area contributed by atoms with Gasteiger partial charge in [-0.2, -0.15) is 13.2 Å². The first kappa shape index (κ1) is 12.0. The van der Waals surface area contributed by atoms with Crippen LogP contribution in [-0.4, -0.2) is 0 Å². The Bertz CT molecular complexity index is 374. The molecule has 2 N–H and O–H groups in total. The molecule has 0 heterocycles. The van der Waals surface area contributed by atoms with Gasteiger partial charge in [0.1, 0.15) is 0 Å². The summed E-state index contributed by atoms with van der Waals surface area (Å²) in [6.45, 7) is 0. The second kappa shape index (κ2) is 3.84. The Balaban J connectivity index is 3.32. The molecular formula is C8H5ClF5N. The Kier molecular flexibility index (Phi) is 3.08. The van der Waals surface area contributed by atoms with Crippen molar-refractivity contribution < 1.29 is 22.0 Å². The molecule has 0 bridgehead atoms. The number of hydrogen-bond acceptors (Lipinski definition) is 1. The molecule has 7 heteroatoms. The Morgan fingerprint density at radius 1 is 1.20 bits per heavy atom. The predicted octanol–water partition coefficient (Wildman–Crippen LogP) is 3.88. The maximum Gasteiger partial charge on any atom is 0.418 e. The van der Waals surface area contributed by atoms with Crippen LogP contribution in [0.15, 0.2) is 12.1 Å². The molecule has 0 fully saturated rings. The van der Waals surface area contributed by atoms with E-state index in [0.717, 1.165) is 0 Å². The van der Waals surface area contributed by atoms with E-state index in [4.69, 9.17) is 17.3 Å². The van der Waals surface area contributed by atoms with E-state index >= 15 is 0 Å². The van der Waals surface area contributed by atoms with Crippen molar-refractivity contribution in [3.05, 3.63) is 28.3 Å². The van der Waals surface area contributed by atoms with Gasteiger partial charge >= 0.3 is 6.18 Å². The number of nitrogens with two attached hydrogens (primary N) is 1. The second-order valence-electron chi connectivity index (χ2n) is 2.76. The molecule has 84 valence electrons. The Morgan fingerprint density at radius 3 is 2.13 bits per heavy atom. The molecule has 0 radical (unpaired) electrons. The Morgan fingerprint density at radius 2 is 1.73 bits per heavy atom. The fourth-order valence-electron chi connectivity index (χ4n) is 1.02. The molecular weight excluding hydrogens is 241 g/mol. The van der Waals surface area contributed by atoms with Gasteiger partial charge in [-0.15, -0.1) is 0 Å². The predicted molar refractivity (Wildman–Crippen MR) is 45.8 cm³/mol. The van der Waals surface area contributed by atoms with Crippen LogP contribution >= 0.6 is 11.6 Å². The van der Waals surface area contributed by atoms with Crippen molar-refractivity contribution in [2.45, 2.75) is 12.6 Å². The molecule has 1 nitrogen and oxygen atoms in total. The largest absolute Gasteiger partial charge is 0.418 e. The monoisotopic (exact) mass is 245 g/mol. The third-order valence-corrected chi connectivity index (χ3v) is 2.04. The molecule has 0 aliphatic rings. The molecule has 1 aromatic carbocycles. The highest BCUT2D eigenvalue weighted by Crippen LogP contribution is 2.38. The summed E-state index contributed by atoms with van der Waals surface area (Å²) >= 11 is 5.27. The quantitative estimate of drug-likeness (QED) is 0.590. The molecule has 0 saturated heterocycles. The van der Waals surface area contributed by atoms with E-state index < -0.39 is 34.4 Å². The van der Waals surface area contributed by atoms with Crippen LogP contribution in [0.3, 0.4) is 0 Å². The van der Waals surface area contributed by atoms with Crippen molar-refractivity contribution in [1.82, 2.24) is 0 Å². The zero-order chi connectivity index (χ0) is 11.8. The lowest BCUT2D eigenvalue weighted by Gasteiger charge is -2.12. The summed E-state index contributed by atoms with van der Waals surface area (Å²) in [5.74, 6) is 0. The molecule has 0 aliphatic carbocycles.